The van der Waals surface area contributed by atoms with Gasteiger partial charge in [-0.3, -0.25) is 4.79 Å². The molecule has 6 nitrogen and oxygen atoms in total. The Morgan fingerprint density at radius 2 is 1.76 bits per heavy atom. The summed E-state index contributed by atoms with van der Waals surface area (Å²) in [4.78, 5) is 34.7. The van der Waals surface area contributed by atoms with Gasteiger partial charge in [0.2, 0.25) is 0 Å². The number of methoxy groups -OCH3 is 2. The molecule has 2 heterocycles. The van der Waals surface area contributed by atoms with Gasteiger partial charge in [0.05, 0.1) is 25.4 Å². The summed E-state index contributed by atoms with van der Waals surface area (Å²) >= 11 is 0. The number of ether oxygens (including phenoxy) is 3. The van der Waals surface area contributed by atoms with Crippen LogP contribution in [0.5, 0.6) is 0 Å². The highest BCUT2D eigenvalue weighted by Gasteiger charge is 2.46. The molecular weight excluding hydrogens is 228 g/mol. The summed E-state index contributed by atoms with van der Waals surface area (Å²) in [5.74, 6) is -1.84. The molecule has 17 heavy (non-hydrogen) atoms. The zero-order chi connectivity index (χ0) is 12.6. The molecule has 2 bridgehead atoms. The Kier molecular flexibility index (Phi) is 2.81. The molecule has 2 rings (SSSR count). The number of esters is 2. The summed E-state index contributed by atoms with van der Waals surface area (Å²) in [5, 5.41) is 0. The fourth-order valence-corrected chi connectivity index (χ4v) is 1.86. The SMILES string of the molecule is COC(=O)C1=C(C(=O)OC)[C@@H]2C=CC(=O)[C@H]1O2. The van der Waals surface area contributed by atoms with Crippen molar-refractivity contribution in [3.63, 3.8) is 0 Å². The van der Waals surface area contributed by atoms with E-state index in [9.17, 15) is 14.4 Å². The van der Waals surface area contributed by atoms with Crippen LogP contribution in [0, 0.1) is 0 Å². The maximum Gasteiger partial charge on any atom is 0.337 e. The molecule has 2 aliphatic rings. The predicted molar refractivity (Wildman–Crippen MR) is 53.9 cm³/mol. The van der Waals surface area contributed by atoms with Crippen LogP contribution in [0.1, 0.15) is 0 Å². The van der Waals surface area contributed by atoms with Crippen LogP contribution in [0.3, 0.4) is 0 Å². The van der Waals surface area contributed by atoms with Crippen LogP contribution >= 0.6 is 0 Å². The van der Waals surface area contributed by atoms with Crippen molar-refractivity contribution >= 4 is 17.7 Å². The summed E-state index contributed by atoms with van der Waals surface area (Å²) in [6.07, 6.45) is 0.921. The third-order valence-electron chi connectivity index (χ3n) is 2.62. The van der Waals surface area contributed by atoms with Crippen molar-refractivity contribution in [1.82, 2.24) is 0 Å². The number of fused-ring (bicyclic) bond motifs is 2. The molecule has 0 saturated heterocycles. The molecule has 0 amide bonds. The third-order valence-corrected chi connectivity index (χ3v) is 2.62. The summed E-state index contributed by atoms with van der Waals surface area (Å²) in [7, 11) is 2.36. The van der Waals surface area contributed by atoms with Gasteiger partial charge in [0.25, 0.3) is 0 Å². The summed E-state index contributed by atoms with van der Waals surface area (Å²) in [5.41, 5.74) is -0.0363. The van der Waals surface area contributed by atoms with E-state index < -0.39 is 24.1 Å². The van der Waals surface area contributed by atoms with Crippen LogP contribution in [-0.2, 0) is 28.6 Å². The van der Waals surface area contributed by atoms with Crippen molar-refractivity contribution < 1.29 is 28.6 Å². The van der Waals surface area contributed by atoms with Crippen LogP contribution in [0.2, 0.25) is 0 Å². The smallest absolute Gasteiger partial charge is 0.337 e. The lowest BCUT2D eigenvalue weighted by atomic mass is 10.0. The maximum absolute atomic E-state index is 11.6. The van der Waals surface area contributed by atoms with Gasteiger partial charge in [0, 0.05) is 0 Å². The van der Waals surface area contributed by atoms with Crippen LogP contribution in [0.4, 0.5) is 0 Å². The Bertz CT molecular complexity index is 441. The number of hydrogen-bond acceptors (Lipinski definition) is 6. The highest BCUT2D eigenvalue weighted by molar-refractivity contribution is 6.11. The Morgan fingerprint density at radius 1 is 1.18 bits per heavy atom. The van der Waals surface area contributed by atoms with E-state index in [2.05, 4.69) is 9.47 Å². The lowest BCUT2D eigenvalue weighted by Gasteiger charge is -2.15. The molecule has 0 unspecified atom stereocenters. The Balaban J connectivity index is 2.52. The highest BCUT2D eigenvalue weighted by Crippen LogP contribution is 2.33. The first kappa shape index (κ1) is 11.5. The molecule has 0 aromatic rings. The first-order valence-corrected chi connectivity index (χ1v) is 4.88. The molecule has 0 aliphatic carbocycles. The second-order valence-corrected chi connectivity index (χ2v) is 3.51. The van der Waals surface area contributed by atoms with Gasteiger partial charge in [-0.1, -0.05) is 0 Å². The largest absolute Gasteiger partial charge is 0.466 e. The van der Waals surface area contributed by atoms with Gasteiger partial charge in [-0.2, -0.15) is 0 Å². The zero-order valence-electron chi connectivity index (χ0n) is 9.26. The molecule has 0 saturated carbocycles. The van der Waals surface area contributed by atoms with Gasteiger partial charge in [-0.05, 0) is 12.2 Å². The van der Waals surface area contributed by atoms with Gasteiger partial charge < -0.3 is 14.2 Å². The molecule has 2 aliphatic heterocycles. The van der Waals surface area contributed by atoms with E-state index in [-0.39, 0.29) is 16.9 Å². The van der Waals surface area contributed by atoms with Gasteiger partial charge in [0.1, 0.15) is 6.10 Å². The van der Waals surface area contributed by atoms with Crippen LogP contribution in [-0.4, -0.2) is 44.1 Å². The molecule has 0 radical (unpaired) electrons. The minimum absolute atomic E-state index is 0.0338. The van der Waals surface area contributed by atoms with E-state index in [1.807, 2.05) is 0 Å². The van der Waals surface area contributed by atoms with Crippen molar-refractivity contribution in [2.75, 3.05) is 14.2 Å². The number of carbonyl (C=O) groups is 3. The normalized spacial score (nSPS) is 26.1. The molecule has 0 aromatic heterocycles. The second kappa shape index (κ2) is 4.14. The third kappa shape index (κ3) is 1.66. The van der Waals surface area contributed by atoms with Gasteiger partial charge in [-0.15, -0.1) is 0 Å². The van der Waals surface area contributed by atoms with Crippen molar-refractivity contribution in [3.05, 3.63) is 23.3 Å². The van der Waals surface area contributed by atoms with E-state index in [4.69, 9.17) is 4.74 Å². The van der Waals surface area contributed by atoms with E-state index in [0.717, 1.165) is 0 Å². The van der Waals surface area contributed by atoms with Crippen molar-refractivity contribution in [2.45, 2.75) is 12.2 Å². The molecule has 0 aromatic carbocycles. The summed E-state index contributed by atoms with van der Waals surface area (Å²) < 4.78 is 14.4. The molecule has 0 N–H and O–H groups in total. The fourth-order valence-electron chi connectivity index (χ4n) is 1.86. The first-order chi connectivity index (χ1) is 8.10. The molecule has 6 heteroatoms. The highest BCUT2D eigenvalue weighted by atomic mass is 16.5. The van der Waals surface area contributed by atoms with Crippen molar-refractivity contribution in [2.24, 2.45) is 0 Å². The van der Waals surface area contributed by atoms with E-state index in [1.165, 1.54) is 26.4 Å². The monoisotopic (exact) mass is 238 g/mol. The minimum atomic E-state index is -1.06. The molecule has 2 atom stereocenters. The van der Waals surface area contributed by atoms with Gasteiger partial charge >= 0.3 is 11.9 Å². The molecule has 0 spiro atoms. The Morgan fingerprint density at radius 3 is 2.35 bits per heavy atom. The van der Waals surface area contributed by atoms with Crippen LogP contribution in [0.15, 0.2) is 23.3 Å². The molecule has 90 valence electrons. The maximum atomic E-state index is 11.6. The summed E-state index contributed by atoms with van der Waals surface area (Å²) in [6, 6.07) is 0. The van der Waals surface area contributed by atoms with Crippen LogP contribution in [0.25, 0.3) is 0 Å². The zero-order valence-corrected chi connectivity index (χ0v) is 9.26. The predicted octanol–water partition coefficient (Wildman–Crippen LogP) is -0.465. The second-order valence-electron chi connectivity index (χ2n) is 3.51. The lowest BCUT2D eigenvalue weighted by Crippen LogP contribution is -2.29. The van der Waals surface area contributed by atoms with Crippen molar-refractivity contribution in [1.29, 1.82) is 0 Å². The van der Waals surface area contributed by atoms with Gasteiger partial charge in [-0.25, -0.2) is 9.59 Å². The average molecular weight is 238 g/mol. The lowest BCUT2D eigenvalue weighted by molar-refractivity contribution is -0.139. The quantitative estimate of drug-likeness (QED) is 0.605. The summed E-state index contributed by atoms with van der Waals surface area (Å²) in [6.45, 7) is 0. The minimum Gasteiger partial charge on any atom is -0.466 e. The number of carbonyl (C=O) groups excluding carboxylic acids is 3. The molecular formula is C11H10O6. The van der Waals surface area contributed by atoms with E-state index in [0.29, 0.717) is 0 Å². The van der Waals surface area contributed by atoms with Gasteiger partial charge in [0.15, 0.2) is 11.9 Å². The number of rotatable bonds is 2. The topological polar surface area (TPSA) is 78.9 Å². The van der Waals surface area contributed by atoms with E-state index in [1.54, 1.807) is 0 Å². The first-order valence-electron chi connectivity index (χ1n) is 4.88. The number of ketones is 1. The van der Waals surface area contributed by atoms with Crippen LogP contribution < -0.4 is 0 Å². The Hall–Kier alpha value is -1.95. The average Bonchev–Trinajstić information content (AvgIpc) is 2.67. The Labute approximate surface area is 96.8 Å². The van der Waals surface area contributed by atoms with Crippen molar-refractivity contribution in [3.8, 4) is 0 Å². The fraction of sp³-hybridized carbons (Fsp3) is 0.364. The number of hydrogen-bond donors (Lipinski definition) is 0. The molecule has 0 fully saturated rings. The van der Waals surface area contributed by atoms with E-state index >= 15 is 0 Å². The standard InChI is InChI=1S/C11H10O6/c1-15-10(13)7-6-4-3-5(12)9(17-6)8(7)11(14)16-2/h3-4,6,9H,1-2H3/t6-,9+/m0/s1.